The lowest BCUT2D eigenvalue weighted by Crippen LogP contribution is -2.26. The molecule has 0 amide bonds. The summed E-state index contributed by atoms with van der Waals surface area (Å²) in [5, 5.41) is 12.8. The van der Waals surface area contributed by atoms with Gasteiger partial charge < -0.3 is 5.11 Å². The highest BCUT2D eigenvalue weighted by molar-refractivity contribution is 7.92. The normalized spacial score (nSPS) is 13.7. The number of rotatable bonds is 6. The van der Waals surface area contributed by atoms with E-state index in [1.165, 1.54) is 17.4 Å². The van der Waals surface area contributed by atoms with Crippen LogP contribution in [0.4, 0.5) is 0 Å². The van der Waals surface area contributed by atoms with Gasteiger partial charge in [-0.05, 0) is 23.1 Å². The highest BCUT2D eigenvalue weighted by Gasteiger charge is 2.12. The quantitative estimate of drug-likeness (QED) is 0.861. The summed E-state index contributed by atoms with van der Waals surface area (Å²) in [4.78, 5) is 0.736. The Morgan fingerprint density at radius 3 is 2.60 bits per heavy atom. The summed E-state index contributed by atoms with van der Waals surface area (Å²) in [6.07, 6.45) is 0.690. The Hall–Kier alpha value is -1.47. The van der Waals surface area contributed by atoms with Crippen molar-refractivity contribution in [2.75, 3.05) is 6.54 Å². The second-order valence-electron chi connectivity index (χ2n) is 4.14. The Balaban J connectivity index is 1.93. The SMILES string of the molecule is O=S(=O)(C=Cc1ccccc1)NCC(O)c1cccs1. The molecule has 4 nitrogen and oxygen atoms in total. The number of thiophene rings is 1. The molecule has 0 aliphatic rings. The molecule has 0 spiro atoms. The Morgan fingerprint density at radius 1 is 1.20 bits per heavy atom. The van der Waals surface area contributed by atoms with E-state index >= 15 is 0 Å². The molecule has 2 N–H and O–H groups in total. The van der Waals surface area contributed by atoms with Crippen LogP contribution >= 0.6 is 11.3 Å². The zero-order valence-corrected chi connectivity index (χ0v) is 12.3. The van der Waals surface area contributed by atoms with Crippen molar-refractivity contribution in [2.24, 2.45) is 0 Å². The van der Waals surface area contributed by atoms with Gasteiger partial charge in [0, 0.05) is 16.8 Å². The van der Waals surface area contributed by atoms with Gasteiger partial charge in [-0.15, -0.1) is 11.3 Å². The minimum atomic E-state index is -3.55. The van der Waals surface area contributed by atoms with Crippen LogP contribution in [0, 0.1) is 0 Å². The minimum absolute atomic E-state index is 0.0397. The first kappa shape index (κ1) is 14.9. The number of hydrogen-bond acceptors (Lipinski definition) is 4. The number of aliphatic hydroxyl groups is 1. The van der Waals surface area contributed by atoms with Crippen molar-refractivity contribution in [3.05, 3.63) is 63.7 Å². The summed E-state index contributed by atoms with van der Waals surface area (Å²) < 4.78 is 25.9. The lowest BCUT2D eigenvalue weighted by molar-refractivity contribution is 0.186. The average molecular weight is 309 g/mol. The van der Waals surface area contributed by atoms with Gasteiger partial charge in [0.15, 0.2) is 0 Å². The maximum Gasteiger partial charge on any atom is 0.233 e. The van der Waals surface area contributed by atoms with E-state index in [1.807, 2.05) is 41.8 Å². The molecule has 0 fully saturated rings. The fourth-order valence-electron chi connectivity index (χ4n) is 1.56. The fourth-order valence-corrected chi connectivity index (χ4v) is 3.09. The number of hydrogen-bond donors (Lipinski definition) is 2. The van der Waals surface area contributed by atoms with Crippen LogP contribution in [0.2, 0.25) is 0 Å². The van der Waals surface area contributed by atoms with Gasteiger partial charge in [0.2, 0.25) is 10.0 Å². The number of aliphatic hydroxyl groups excluding tert-OH is 1. The largest absolute Gasteiger partial charge is 0.386 e. The maximum atomic E-state index is 11.8. The van der Waals surface area contributed by atoms with E-state index in [0.29, 0.717) is 0 Å². The molecule has 106 valence electrons. The van der Waals surface area contributed by atoms with Crippen molar-refractivity contribution in [3.63, 3.8) is 0 Å². The second kappa shape index (κ2) is 6.81. The molecule has 2 rings (SSSR count). The van der Waals surface area contributed by atoms with Crippen molar-refractivity contribution in [3.8, 4) is 0 Å². The lowest BCUT2D eigenvalue weighted by atomic mass is 10.2. The summed E-state index contributed by atoms with van der Waals surface area (Å²) in [6.45, 7) is -0.0397. The molecule has 1 unspecified atom stereocenters. The predicted octanol–water partition coefficient (Wildman–Crippen LogP) is 2.37. The first-order chi connectivity index (χ1) is 9.57. The molecule has 1 atom stereocenters. The molecule has 1 heterocycles. The smallest absolute Gasteiger partial charge is 0.233 e. The first-order valence-corrected chi connectivity index (χ1v) is 8.44. The Bertz CT molecular complexity index is 649. The lowest BCUT2D eigenvalue weighted by Gasteiger charge is -2.08. The molecular weight excluding hydrogens is 294 g/mol. The molecule has 2 aromatic rings. The molecule has 0 saturated heterocycles. The molecule has 0 radical (unpaired) electrons. The van der Waals surface area contributed by atoms with Crippen LogP contribution in [0.3, 0.4) is 0 Å². The summed E-state index contributed by atoms with van der Waals surface area (Å²) >= 11 is 1.39. The number of nitrogens with one attached hydrogen (secondary N) is 1. The molecule has 0 aliphatic heterocycles. The Kier molecular flexibility index (Phi) is 5.08. The molecular formula is C14H15NO3S2. The molecule has 6 heteroatoms. The van der Waals surface area contributed by atoms with Crippen molar-refractivity contribution in [2.45, 2.75) is 6.10 Å². The highest BCUT2D eigenvalue weighted by atomic mass is 32.2. The van der Waals surface area contributed by atoms with Crippen LogP contribution < -0.4 is 4.72 Å². The van der Waals surface area contributed by atoms with Crippen LogP contribution in [-0.2, 0) is 10.0 Å². The third-order valence-corrected chi connectivity index (χ3v) is 4.63. The van der Waals surface area contributed by atoms with Gasteiger partial charge in [0.25, 0.3) is 0 Å². The Labute approximate surface area is 122 Å². The minimum Gasteiger partial charge on any atom is -0.386 e. The van der Waals surface area contributed by atoms with Crippen molar-refractivity contribution in [1.82, 2.24) is 4.72 Å². The van der Waals surface area contributed by atoms with E-state index in [9.17, 15) is 13.5 Å². The van der Waals surface area contributed by atoms with Crippen molar-refractivity contribution in [1.29, 1.82) is 0 Å². The molecule has 20 heavy (non-hydrogen) atoms. The Morgan fingerprint density at radius 2 is 1.95 bits per heavy atom. The van der Waals surface area contributed by atoms with Gasteiger partial charge in [-0.1, -0.05) is 36.4 Å². The van der Waals surface area contributed by atoms with Gasteiger partial charge in [-0.3, -0.25) is 0 Å². The van der Waals surface area contributed by atoms with E-state index in [-0.39, 0.29) is 6.54 Å². The standard InChI is InChI=1S/C14H15NO3S2/c16-13(14-7-4-9-19-14)11-15-20(17,18)10-8-12-5-2-1-3-6-12/h1-10,13,15-16H,11H2. The van der Waals surface area contributed by atoms with Crippen molar-refractivity contribution >= 4 is 27.4 Å². The van der Waals surface area contributed by atoms with Gasteiger partial charge in [-0.2, -0.15) is 0 Å². The molecule has 0 bridgehead atoms. The van der Waals surface area contributed by atoms with E-state index in [0.717, 1.165) is 15.8 Å². The predicted molar refractivity (Wildman–Crippen MR) is 81.7 cm³/mol. The van der Waals surface area contributed by atoms with E-state index in [2.05, 4.69) is 4.72 Å². The summed E-state index contributed by atoms with van der Waals surface area (Å²) in [7, 11) is -3.55. The third-order valence-electron chi connectivity index (χ3n) is 2.59. The monoisotopic (exact) mass is 309 g/mol. The summed E-state index contributed by atoms with van der Waals surface area (Å²) in [6, 6.07) is 12.7. The zero-order valence-electron chi connectivity index (χ0n) is 10.6. The van der Waals surface area contributed by atoms with Crippen LogP contribution in [0.1, 0.15) is 16.5 Å². The highest BCUT2D eigenvalue weighted by Crippen LogP contribution is 2.18. The third kappa shape index (κ3) is 4.57. The fraction of sp³-hybridized carbons (Fsp3) is 0.143. The summed E-state index contributed by atoms with van der Waals surface area (Å²) in [5.74, 6) is 0. The van der Waals surface area contributed by atoms with Gasteiger partial charge in [0.05, 0.1) is 0 Å². The summed E-state index contributed by atoms with van der Waals surface area (Å²) in [5.41, 5.74) is 0.802. The molecule has 1 aromatic carbocycles. The number of benzene rings is 1. The van der Waals surface area contributed by atoms with Crippen LogP contribution in [-0.4, -0.2) is 20.1 Å². The molecule has 1 aromatic heterocycles. The topological polar surface area (TPSA) is 66.4 Å². The first-order valence-electron chi connectivity index (χ1n) is 6.01. The van der Waals surface area contributed by atoms with Gasteiger partial charge in [0.1, 0.15) is 6.10 Å². The molecule has 0 aliphatic carbocycles. The zero-order chi connectivity index (χ0) is 14.4. The molecule has 0 saturated carbocycles. The van der Waals surface area contributed by atoms with Gasteiger partial charge >= 0.3 is 0 Å². The van der Waals surface area contributed by atoms with Crippen LogP contribution in [0.25, 0.3) is 6.08 Å². The van der Waals surface area contributed by atoms with Crippen LogP contribution in [0.5, 0.6) is 0 Å². The number of sulfonamides is 1. The van der Waals surface area contributed by atoms with Gasteiger partial charge in [-0.25, -0.2) is 13.1 Å². The average Bonchev–Trinajstić information content (AvgIpc) is 2.98. The van der Waals surface area contributed by atoms with E-state index in [1.54, 1.807) is 6.07 Å². The van der Waals surface area contributed by atoms with Crippen molar-refractivity contribution < 1.29 is 13.5 Å². The van der Waals surface area contributed by atoms with Crippen LogP contribution in [0.15, 0.2) is 53.3 Å². The second-order valence-corrected chi connectivity index (χ2v) is 6.77. The van der Waals surface area contributed by atoms with E-state index in [4.69, 9.17) is 0 Å². The van der Waals surface area contributed by atoms with E-state index < -0.39 is 16.1 Å². The maximum absolute atomic E-state index is 11.8.